The second-order valence-electron chi connectivity index (χ2n) is 19.0. The van der Waals surface area contributed by atoms with Gasteiger partial charge in [0.05, 0.1) is 18.8 Å². The van der Waals surface area contributed by atoms with Crippen LogP contribution in [0, 0.1) is 0 Å². The summed E-state index contributed by atoms with van der Waals surface area (Å²) in [6, 6.07) is -0.684. The number of amides is 1. The van der Waals surface area contributed by atoms with Gasteiger partial charge >= 0.3 is 0 Å². The van der Waals surface area contributed by atoms with Crippen LogP contribution in [-0.2, 0) is 4.79 Å². The molecule has 2 unspecified atom stereocenters. The predicted octanol–water partition coefficient (Wildman–Crippen LogP) is 20.1. The van der Waals surface area contributed by atoms with Crippen molar-refractivity contribution in [3.63, 3.8) is 0 Å². The van der Waals surface area contributed by atoms with E-state index >= 15 is 0 Å². The fourth-order valence-corrected chi connectivity index (χ4v) is 7.66. The zero-order valence-electron chi connectivity index (χ0n) is 46.8. The Labute approximate surface area is 451 Å². The molecule has 408 valence electrons. The van der Waals surface area contributed by atoms with E-state index in [1.54, 1.807) is 6.08 Å². The summed E-state index contributed by atoms with van der Waals surface area (Å²) in [4.78, 5) is 12.5. The average molecular weight is 1000 g/mol. The Hall–Kier alpha value is -4.51. The lowest BCUT2D eigenvalue weighted by Gasteiger charge is -2.19. The Kier molecular flexibility index (Phi) is 58.0. The van der Waals surface area contributed by atoms with E-state index in [1.807, 2.05) is 6.08 Å². The summed E-state index contributed by atoms with van der Waals surface area (Å²) >= 11 is 0. The van der Waals surface area contributed by atoms with E-state index in [4.69, 9.17) is 0 Å². The van der Waals surface area contributed by atoms with Crippen molar-refractivity contribution in [2.24, 2.45) is 0 Å². The third-order valence-electron chi connectivity index (χ3n) is 12.1. The van der Waals surface area contributed by atoms with Crippen molar-refractivity contribution in [2.75, 3.05) is 6.61 Å². The van der Waals surface area contributed by atoms with Crippen molar-refractivity contribution in [2.45, 2.75) is 238 Å². The maximum absolute atomic E-state index is 12.5. The van der Waals surface area contributed by atoms with Gasteiger partial charge in [-0.1, -0.05) is 267 Å². The number of aliphatic hydroxyl groups excluding tert-OH is 2. The van der Waals surface area contributed by atoms with Crippen LogP contribution in [0.25, 0.3) is 0 Å². The standard InChI is InChI=1S/C69H109NO3/c1-3-5-7-9-11-13-15-17-19-21-23-25-27-28-29-30-31-32-33-34-35-36-37-38-39-40-41-42-43-45-47-49-51-53-55-57-59-61-63-65-69(73)70-67(66-71)68(72)64-62-60-58-56-54-52-50-48-46-44-26-24-22-20-18-16-14-12-10-8-6-4-2/h5,7,11,13,17,19,23,25,28-29,31-32,34-35,37-38,40-41,43,45-46,48-49,51,54-57,62,64,67-68,71-72H,3-4,6,8-10,12,14-16,18,20-22,24,26-27,30,33,36,39,42,44,47,50,52-53,58-61,63,65-66H2,1-2H3,(H,70,73)/b7-5-,13-11-,19-17-,25-23-,29-28-,32-31-,35-34-,38-37-,41-40-,45-43-,48-46+,51-49-,56-54+,57-55-,64-62+. The van der Waals surface area contributed by atoms with Crippen molar-refractivity contribution < 1.29 is 15.0 Å². The van der Waals surface area contributed by atoms with E-state index in [0.717, 1.165) is 122 Å². The smallest absolute Gasteiger partial charge is 0.220 e. The molecule has 0 heterocycles. The van der Waals surface area contributed by atoms with Crippen LogP contribution in [-0.4, -0.2) is 34.9 Å². The van der Waals surface area contributed by atoms with E-state index < -0.39 is 12.1 Å². The van der Waals surface area contributed by atoms with Gasteiger partial charge in [-0.25, -0.2) is 0 Å². The van der Waals surface area contributed by atoms with Crippen LogP contribution in [0.5, 0.6) is 0 Å². The largest absolute Gasteiger partial charge is 0.394 e. The van der Waals surface area contributed by atoms with Crippen LogP contribution >= 0.6 is 0 Å². The van der Waals surface area contributed by atoms with E-state index in [9.17, 15) is 15.0 Å². The summed E-state index contributed by atoms with van der Waals surface area (Å²) in [5, 5.41) is 23.1. The van der Waals surface area contributed by atoms with Gasteiger partial charge in [0.2, 0.25) is 5.91 Å². The van der Waals surface area contributed by atoms with Crippen molar-refractivity contribution in [1.82, 2.24) is 5.32 Å². The third-order valence-corrected chi connectivity index (χ3v) is 12.1. The van der Waals surface area contributed by atoms with Gasteiger partial charge in [-0.05, 0) is 135 Å². The Morgan fingerprint density at radius 2 is 0.616 bits per heavy atom. The Morgan fingerprint density at radius 3 is 0.959 bits per heavy atom. The summed E-state index contributed by atoms with van der Waals surface area (Å²) in [5.41, 5.74) is 0. The molecule has 0 radical (unpaired) electrons. The summed E-state index contributed by atoms with van der Waals surface area (Å²) in [6.45, 7) is 4.15. The first kappa shape index (κ1) is 68.5. The van der Waals surface area contributed by atoms with Crippen molar-refractivity contribution >= 4 is 5.91 Å². The zero-order valence-corrected chi connectivity index (χ0v) is 46.8. The zero-order chi connectivity index (χ0) is 52.7. The normalized spacial score (nSPS) is 14.2. The van der Waals surface area contributed by atoms with Crippen molar-refractivity contribution in [3.05, 3.63) is 182 Å². The van der Waals surface area contributed by atoms with Crippen LogP contribution in [0.1, 0.15) is 226 Å². The molecule has 0 aliphatic rings. The molecular formula is C69H109NO3. The van der Waals surface area contributed by atoms with Gasteiger partial charge in [-0.3, -0.25) is 4.79 Å². The van der Waals surface area contributed by atoms with Crippen LogP contribution in [0.3, 0.4) is 0 Å². The highest BCUT2D eigenvalue weighted by Gasteiger charge is 2.17. The molecule has 0 aliphatic carbocycles. The van der Waals surface area contributed by atoms with E-state index in [-0.39, 0.29) is 12.5 Å². The molecule has 2 atom stereocenters. The summed E-state index contributed by atoms with van der Waals surface area (Å²) in [7, 11) is 0. The van der Waals surface area contributed by atoms with Gasteiger partial charge in [0, 0.05) is 6.42 Å². The first-order valence-electron chi connectivity index (χ1n) is 29.5. The molecule has 0 spiro atoms. The molecule has 73 heavy (non-hydrogen) atoms. The monoisotopic (exact) mass is 1000 g/mol. The summed E-state index contributed by atoms with van der Waals surface area (Å²) < 4.78 is 0. The lowest BCUT2D eigenvalue weighted by atomic mass is 10.0. The Morgan fingerprint density at radius 1 is 0.342 bits per heavy atom. The van der Waals surface area contributed by atoms with Crippen LogP contribution in [0.4, 0.5) is 0 Å². The highest BCUT2D eigenvalue weighted by molar-refractivity contribution is 5.76. The molecule has 4 nitrogen and oxygen atoms in total. The minimum absolute atomic E-state index is 0.128. The molecule has 0 saturated carbocycles. The summed E-state index contributed by atoms with van der Waals surface area (Å²) in [6.07, 6.45) is 102. The number of hydrogen-bond acceptors (Lipinski definition) is 3. The van der Waals surface area contributed by atoms with Gasteiger partial charge < -0.3 is 15.5 Å². The number of carbonyl (C=O) groups is 1. The molecule has 3 N–H and O–H groups in total. The van der Waals surface area contributed by atoms with E-state index in [0.29, 0.717) is 6.42 Å². The van der Waals surface area contributed by atoms with E-state index in [1.165, 1.54) is 83.5 Å². The highest BCUT2D eigenvalue weighted by Crippen LogP contribution is 2.13. The minimum atomic E-state index is -0.903. The topological polar surface area (TPSA) is 69.6 Å². The number of unbranched alkanes of at least 4 members (excludes halogenated alkanes) is 16. The second kappa shape index (κ2) is 61.8. The molecule has 0 aromatic rings. The van der Waals surface area contributed by atoms with Gasteiger partial charge in [0.15, 0.2) is 0 Å². The SMILES string of the molecule is CC/C=C\C/C=C\C/C=C\C/C=C\C/C=C\C/C=C\C/C=C\C/C=C\C/C=C\C/C=C\C/C=C\C/C=C\CCCCC(=O)NC(CO)C(O)/C=C/CC/C=C/CC/C=C/CCCCCCCCCCCCCC. The lowest BCUT2D eigenvalue weighted by Crippen LogP contribution is -2.45. The first-order valence-corrected chi connectivity index (χ1v) is 29.5. The summed E-state index contributed by atoms with van der Waals surface area (Å²) in [5.74, 6) is -0.128. The number of carbonyl (C=O) groups excluding carboxylic acids is 1. The minimum Gasteiger partial charge on any atom is -0.394 e. The third kappa shape index (κ3) is 58.3. The van der Waals surface area contributed by atoms with E-state index in [2.05, 4.69) is 189 Å². The van der Waals surface area contributed by atoms with Gasteiger partial charge in [-0.2, -0.15) is 0 Å². The second-order valence-corrected chi connectivity index (χ2v) is 19.0. The van der Waals surface area contributed by atoms with Crippen LogP contribution in [0.2, 0.25) is 0 Å². The fourth-order valence-electron chi connectivity index (χ4n) is 7.66. The predicted molar refractivity (Wildman–Crippen MR) is 326 cm³/mol. The number of nitrogens with one attached hydrogen (secondary N) is 1. The quantitative estimate of drug-likeness (QED) is 0.0420. The molecule has 4 heteroatoms. The molecule has 0 saturated heterocycles. The number of hydrogen-bond donors (Lipinski definition) is 3. The van der Waals surface area contributed by atoms with Crippen LogP contribution < -0.4 is 5.32 Å². The van der Waals surface area contributed by atoms with Gasteiger partial charge in [0.25, 0.3) is 0 Å². The first-order chi connectivity index (χ1) is 36.2. The Bertz CT molecular complexity index is 1650. The number of aliphatic hydroxyl groups is 2. The maximum atomic E-state index is 12.5. The molecule has 0 rings (SSSR count). The molecule has 0 aliphatic heterocycles. The lowest BCUT2D eigenvalue weighted by molar-refractivity contribution is -0.123. The number of rotatable bonds is 51. The molecule has 1 amide bonds. The molecular weight excluding hydrogens is 891 g/mol. The molecule has 0 fully saturated rings. The molecule has 0 aromatic carbocycles. The Balaban J connectivity index is 3.78. The van der Waals surface area contributed by atoms with Crippen molar-refractivity contribution in [1.29, 1.82) is 0 Å². The average Bonchev–Trinajstić information content (AvgIpc) is 3.40. The van der Waals surface area contributed by atoms with Crippen molar-refractivity contribution in [3.8, 4) is 0 Å². The maximum Gasteiger partial charge on any atom is 0.220 e. The van der Waals surface area contributed by atoms with Gasteiger partial charge in [-0.15, -0.1) is 0 Å². The fraction of sp³-hybridized carbons (Fsp3) is 0.551. The van der Waals surface area contributed by atoms with Gasteiger partial charge in [0.1, 0.15) is 0 Å². The van der Waals surface area contributed by atoms with Crippen LogP contribution in [0.15, 0.2) is 182 Å². The highest BCUT2D eigenvalue weighted by atomic mass is 16.3. The molecule has 0 bridgehead atoms. The number of allylic oxidation sites excluding steroid dienone is 29. The molecule has 0 aromatic heterocycles.